The lowest BCUT2D eigenvalue weighted by Gasteiger charge is -2.19. The van der Waals surface area contributed by atoms with E-state index in [0.29, 0.717) is 6.54 Å². The number of carboxylic acid groups (broad SMARTS) is 1. The number of carbonyl (C=O) groups is 2. The van der Waals surface area contributed by atoms with Gasteiger partial charge in [-0.3, -0.25) is 4.79 Å². The number of urea groups is 1. The molecule has 21 heavy (non-hydrogen) atoms. The van der Waals surface area contributed by atoms with Crippen LogP contribution in [0.15, 0.2) is 18.3 Å². The highest BCUT2D eigenvalue weighted by atomic mass is 16.4. The van der Waals surface area contributed by atoms with Crippen LogP contribution in [0.25, 0.3) is 0 Å². The van der Waals surface area contributed by atoms with Gasteiger partial charge in [0.2, 0.25) is 0 Å². The van der Waals surface area contributed by atoms with Crippen LogP contribution in [0.4, 0.5) is 10.6 Å². The van der Waals surface area contributed by atoms with Crippen molar-refractivity contribution in [3.63, 3.8) is 0 Å². The van der Waals surface area contributed by atoms with Gasteiger partial charge in [-0.05, 0) is 25.5 Å². The second-order valence-electron chi connectivity index (χ2n) is 4.45. The zero-order chi connectivity index (χ0) is 15.7. The molecule has 7 nitrogen and oxygen atoms in total. The van der Waals surface area contributed by atoms with Crippen molar-refractivity contribution in [2.75, 3.05) is 24.5 Å². The van der Waals surface area contributed by atoms with Crippen LogP contribution in [-0.2, 0) is 11.3 Å². The van der Waals surface area contributed by atoms with Crippen molar-refractivity contribution in [1.82, 2.24) is 15.6 Å². The maximum absolute atomic E-state index is 11.4. The van der Waals surface area contributed by atoms with Crippen LogP contribution in [0.1, 0.15) is 25.8 Å². The fourth-order valence-electron chi connectivity index (χ4n) is 1.78. The highest BCUT2D eigenvalue weighted by Gasteiger charge is 2.05. The van der Waals surface area contributed by atoms with Crippen molar-refractivity contribution in [3.05, 3.63) is 23.9 Å². The second kappa shape index (κ2) is 8.78. The molecule has 116 valence electrons. The molecule has 0 spiro atoms. The van der Waals surface area contributed by atoms with E-state index in [2.05, 4.69) is 34.4 Å². The first-order valence-corrected chi connectivity index (χ1v) is 7.00. The summed E-state index contributed by atoms with van der Waals surface area (Å²) < 4.78 is 0. The standard InChI is InChI=1S/C14H22N4O3/c1-3-18(4-2)12-6-5-11(9-16-12)10-17-14(21)15-8-7-13(19)20/h5-6,9H,3-4,7-8,10H2,1-2H3,(H,19,20)(H2,15,17,21). The fourth-order valence-corrected chi connectivity index (χ4v) is 1.78. The first-order valence-electron chi connectivity index (χ1n) is 7.00. The molecule has 1 aromatic rings. The minimum Gasteiger partial charge on any atom is -0.481 e. The van der Waals surface area contributed by atoms with Crippen LogP contribution >= 0.6 is 0 Å². The Morgan fingerprint density at radius 1 is 1.24 bits per heavy atom. The van der Waals surface area contributed by atoms with Gasteiger partial charge in [-0.25, -0.2) is 9.78 Å². The molecular weight excluding hydrogens is 272 g/mol. The summed E-state index contributed by atoms with van der Waals surface area (Å²) >= 11 is 0. The number of carboxylic acids is 1. The average molecular weight is 294 g/mol. The van der Waals surface area contributed by atoms with Gasteiger partial charge in [0, 0.05) is 32.4 Å². The lowest BCUT2D eigenvalue weighted by atomic mass is 10.2. The number of rotatable bonds is 8. The number of hydrogen-bond acceptors (Lipinski definition) is 4. The highest BCUT2D eigenvalue weighted by molar-refractivity contribution is 5.74. The van der Waals surface area contributed by atoms with Gasteiger partial charge in [0.25, 0.3) is 0 Å². The molecule has 2 amide bonds. The lowest BCUT2D eigenvalue weighted by molar-refractivity contribution is -0.136. The SMILES string of the molecule is CCN(CC)c1ccc(CNC(=O)NCCC(=O)O)cn1. The summed E-state index contributed by atoms with van der Waals surface area (Å²) in [4.78, 5) is 28.2. The summed E-state index contributed by atoms with van der Waals surface area (Å²) in [6.45, 7) is 6.40. The van der Waals surface area contributed by atoms with E-state index in [1.807, 2.05) is 12.1 Å². The summed E-state index contributed by atoms with van der Waals surface area (Å²) in [7, 11) is 0. The van der Waals surface area contributed by atoms with Crippen LogP contribution in [0, 0.1) is 0 Å². The zero-order valence-corrected chi connectivity index (χ0v) is 12.4. The Balaban J connectivity index is 2.38. The number of amides is 2. The largest absolute Gasteiger partial charge is 0.481 e. The van der Waals surface area contributed by atoms with Gasteiger partial charge in [0.05, 0.1) is 6.42 Å². The van der Waals surface area contributed by atoms with Crippen LogP contribution in [0.2, 0.25) is 0 Å². The average Bonchev–Trinajstić information content (AvgIpc) is 2.47. The maximum atomic E-state index is 11.4. The first kappa shape index (κ1) is 16.7. The monoisotopic (exact) mass is 294 g/mol. The number of pyridine rings is 1. The van der Waals surface area contributed by atoms with Crippen LogP contribution < -0.4 is 15.5 Å². The molecule has 0 aliphatic carbocycles. The molecule has 3 N–H and O–H groups in total. The Bertz CT molecular complexity index is 458. The molecule has 0 saturated carbocycles. The topological polar surface area (TPSA) is 94.6 Å². The molecule has 1 heterocycles. The molecule has 0 radical (unpaired) electrons. The fraction of sp³-hybridized carbons (Fsp3) is 0.500. The van der Waals surface area contributed by atoms with Crippen LogP contribution in [0.5, 0.6) is 0 Å². The van der Waals surface area contributed by atoms with Crippen molar-refractivity contribution in [3.8, 4) is 0 Å². The van der Waals surface area contributed by atoms with Crippen LogP contribution in [-0.4, -0.2) is 41.7 Å². The summed E-state index contributed by atoms with van der Waals surface area (Å²) in [5.74, 6) is -0.0267. The molecule has 0 aliphatic heterocycles. The minimum atomic E-state index is -0.938. The van der Waals surface area contributed by atoms with Crippen molar-refractivity contribution >= 4 is 17.8 Å². The molecule has 0 saturated heterocycles. The summed E-state index contributed by atoms with van der Waals surface area (Å²) in [6, 6.07) is 3.45. The molecule has 0 fully saturated rings. The Labute approximate surface area is 124 Å². The number of anilines is 1. The number of aliphatic carboxylic acids is 1. The molecule has 0 atom stereocenters. The number of nitrogens with one attached hydrogen (secondary N) is 2. The number of nitrogens with zero attached hydrogens (tertiary/aromatic N) is 2. The lowest BCUT2D eigenvalue weighted by Crippen LogP contribution is -2.36. The molecule has 0 aliphatic rings. The summed E-state index contributed by atoms with van der Waals surface area (Å²) in [5.41, 5.74) is 0.888. The van der Waals surface area contributed by atoms with Gasteiger partial charge in [-0.1, -0.05) is 6.07 Å². The predicted octanol–water partition coefficient (Wildman–Crippen LogP) is 1.20. The van der Waals surface area contributed by atoms with Crippen molar-refractivity contribution in [2.24, 2.45) is 0 Å². The molecule has 0 unspecified atom stereocenters. The molecule has 7 heteroatoms. The molecule has 1 rings (SSSR count). The van der Waals surface area contributed by atoms with Crippen LogP contribution in [0.3, 0.4) is 0 Å². The molecule has 0 aromatic carbocycles. The Morgan fingerprint density at radius 2 is 1.95 bits per heavy atom. The Kier molecular flexibility index (Phi) is 7.00. The maximum Gasteiger partial charge on any atom is 0.315 e. The zero-order valence-electron chi connectivity index (χ0n) is 12.4. The second-order valence-corrected chi connectivity index (χ2v) is 4.45. The third kappa shape index (κ3) is 6.11. The third-order valence-electron chi connectivity index (χ3n) is 2.97. The number of carbonyl (C=O) groups excluding carboxylic acids is 1. The predicted molar refractivity (Wildman–Crippen MR) is 80.3 cm³/mol. The third-order valence-corrected chi connectivity index (χ3v) is 2.97. The molecule has 0 bridgehead atoms. The van der Waals surface area contributed by atoms with E-state index in [1.165, 1.54) is 0 Å². The Morgan fingerprint density at radius 3 is 2.48 bits per heavy atom. The smallest absolute Gasteiger partial charge is 0.315 e. The van der Waals surface area contributed by atoms with E-state index < -0.39 is 5.97 Å². The van der Waals surface area contributed by atoms with Gasteiger partial charge in [-0.2, -0.15) is 0 Å². The van der Waals surface area contributed by atoms with Gasteiger partial charge < -0.3 is 20.6 Å². The molecular formula is C14H22N4O3. The van der Waals surface area contributed by atoms with Crippen molar-refractivity contribution in [2.45, 2.75) is 26.8 Å². The van der Waals surface area contributed by atoms with E-state index in [-0.39, 0.29) is 19.0 Å². The van der Waals surface area contributed by atoms with Crippen molar-refractivity contribution < 1.29 is 14.7 Å². The summed E-state index contributed by atoms with van der Waals surface area (Å²) in [6.07, 6.45) is 1.64. The minimum absolute atomic E-state index is 0.0897. The van der Waals surface area contributed by atoms with Gasteiger partial charge in [-0.15, -0.1) is 0 Å². The van der Waals surface area contributed by atoms with E-state index in [1.54, 1.807) is 6.20 Å². The highest BCUT2D eigenvalue weighted by Crippen LogP contribution is 2.10. The van der Waals surface area contributed by atoms with Crippen molar-refractivity contribution in [1.29, 1.82) is 0 Å². The van der Waals surface area contributed by atoms with Gasteiger partial charge in [0.1, 0.15) is 5.82 Å². The normalized spacial score (nSPS) is 10.0. The summed E-state index contributed by atoms with van der Waals surface area (Å²) in [5, 5.41) is 13.6. The number of hydrogen-bond donors (Lipinski definition) is 3. The first-order chi connectivity index (χ1) is 10.1. The van der Waals surface area contributed by atoms with Gasteiger partial charge >= 0.3 is 12.0 Å². The van der Waals surface area contributed by atoms with E-state index >= 15 is 0 Å². The van der Waals surface area contributed by atoms with Gasteiger partial charge in [0.15, 0.2) is 0 Å². The van der Waals surface area contributed by atoms with E-state index in [4.69, 9.17) is 5.11 Å². The number of aromatic nitrogens is 1. The Hall–Kier alpha value is -2.31. The quantitative estimate of drug-likeness (QED) is 0.670. The van der Waals surface area contributed by atoms with E-state index in [9.17, 15) is 9.59 Å². The molecule has 1 aromatic heterocycles. The van der Waals surface area contributed by atoms with E-state index in [0.717, 1.165) is 24.5 Å².